The molecule has 0 N–H and O–H groups in total. The zero-order valence-corrected chi connectivity index (χ0v) is 20.2. The molecular weight excluding hydrogens is 472 g/mol. The monoisotopic (exact) mass is 492 g/mol. The first-order chi connectivity index (χ1) is 18.8. The van der Waals surface area contributed by atoms with E-state index < -0.39 is 0 Å². The predicted molar refractivity (Wildman–Crippen MR) is 149 cm³/mol. The standard InChI is InChI=1S/C32H20N4O2/c1-3-12-28-24(10-1)25-16-15-23(19-29(25)35(28)31-14-5-6-17-33-31)37-22-9-7-8-21(18-22)36-32-27(20-34-36)26-11-2-4-13-30(26)38-32/h1-20H. The van der Waals surface area contributed by atoms with Gasteiger partial charge >= 0.3 is 0 Å². The number of fused-ring (bicyclic) bond motifs is 6. The van der Waals surface area contributed by atoms with E-state index in [9.17, 15) is 0 Å². The summed E-state index contributed by atoms with van der Waals surface area (Å²) in [5.41, 5.74) is 4.56. The molecule has 38 heavy (non-hydrogen) atoms. The molecule has 4 aromatic carbocycles. The Morgan fingerprint density at radius 3 is 2.37 bits per heavy atom. The van der Waals surface area contributed by atoms with Gasteiger partial charge in [0.15, 0.2) is 0 Å². The maximum Gasteiger partial charge on any atom is 0.230 e. The van der Waals surface area contributed by atoms with Crippen LogP contribution in [0.5, 0.6) is 11.5 Å². The first-order valence-electron chi connectivity index (χ1n) is 12.4. The van der Waals surface area contributed by atoms with Crippen LogP contribution in [-0.2, 0) is 0 Å². The van der Waals surface area contributed by atoms with Crippen LogP contribution in [-0.4, -0.2) is 19.3 Å². The molecule has 4 heterocycles. The van der Waals surface area contributed by atoms with Gasteiger partial charge in [-0.3, -0.25) is 4.57 Å². The van der Waals surface area contributed by atoms with E-state index in [1.165, 1.54) is 5.39 Å². The highest BCUT2D eigenvalue weighted by molar-refractivity contribution is 6.09. The van der Waals surface area contributed by atoms with Crippen molar-refractivity contribution in [2.75, 3.05) is 0 Å². The number of pyridine rings is 1. The molecule has 0 aliphatic heterocycles. The van der Waals surface area contributed by atoms with Crippen molar-refractivity contribution in [2.24, 2.45) is 0 Å². The highest BCUT2D eigenvalue weighted by atomic mass is 16.5. The quantitative estimate of drug-likeness (QED) is 0.249. The van der Waals surface area contributed by atoms with Crippen molar-refractivity contribution in [2.45, 2.75) is 0 Å². The van der Waals surface area contributed by atoms with Crippen molar-refractivity contribution < 1.29 is 9.15 Å². The number of ether oxygens (including phenoxy) is 1. The number of hydrogen-bond acceptors (Lipinski definition) is 4. The summed E-state index contributed by atoms with van der Waals surface area (Å²) in [6, 6.07) is 36.4. The smallest absolute Gasteiger partial charge is 0.230 e. The molecule has 4 aromatic heterocycles. The van der Waals surface area contributed by atoms with E-state index in [0.717, 1.165) is 50.0 Å². The fraction of sp³-hybridized carbons (Fsp3) is 0. The Balaban J connectivity index is 1.22. The van der Waals surface area contributed by atoms with Crippen LogP contribution in [0.4, 0.5) is 0 Å². The molecule has 0 radical (unpaired) electrons. The van der Waals surface area contributed by atoms with E-state index in [4.69, 9.17) is 9.15 Å². The van der Waals surface area contributed by atoms with Gasteiger partial charge in [0, 0.05) is 34.5 Å². The van der Waals surface area contributed by atoms with Crippen LogP contribution in [0, 0.1) is 0 Å². The van der Waals surface area contributed by atoms with E-state index in [0.29, 0.717) is 11.5 Å². The molecule has 0 spiro atoms. The van der Waals surface area contributed by atoms with Crippen LogP contribution >= 0.6 is 0 Å². The van der Waals surface area contributed by atoms with Crippen LogP contribution in [0.1, 0.15) is 0 Å². The van der Waals surface area contributed by atoms with E-state index in [2.05, 4.69) is 51.0 Å². The number of para-hydroxylation sites is 2. The first kappa shape index (κ1) is 20.8. The third-order valence-electron chi connectivity index (χ3n) is 6.93. The summed E-state index contributed by atoms with van der Waals surface area (Å²) in [7, 11) is 0. The highest BCUT2D eigenvalue weighted by Crippen LogP contribution is 2.35. The molecule has 0 saturated carbocycles. The number of aromatic nitrogens is 4. The maximum atomic E-state index is 6.38. The SMILES string of the molecule is c1ccc(-n2c3ccccc3c3ccc(Oc4cccc(-n5ncc6c7ccccc7oc65)c4)cc32)nc1. The maximum absolute atomic E-state index is 6.38. The van der Waals surface area contributed by atoms with Crippen LogP contribution in [0.25, 0.3) is 55.4 Å². The molecule has 6 nitrogen and oxygen atoms in total. The molecule has 0 aliphatic rings. The van der Waals surface area contributed by atoms with Gasteiger partial charge < -0.3 is 9.15 Å². The second kappa shape index (κ2) is 8.08. The molecule has 8 rings (SSSR count). The molecule has 0 amide bonds. The molecule has 0 atom stereocenters. The van der Waals surface area contributed by atoms with Gasteiger partial charge in [0.2, 0.25) is 5.71 Å². The van der Waals surface area contributed by atoms with Gasteiger partial charge in [-0.05, 0) is 48.5 Å². The lowest BCUT2D eigenvalue weighted by molar-refractivity contribution is 0.482. The number of rotatable bonds is 4. The minimum absolute atomic E-state index is 0.710. The average molecular weight is 493 g/mol. The van der Waals surface area contributed by atoms with E-state index >= 15 is 0 Å². The minimum Gasteiger partial charge on any atom is -0.457 e. The lowest BCUT2D eigenvalue weighted by atomic mass is 10.1. The van der Waals surface area contributed by atoms with Crippen molar-refractivity contribution in [1.82, 2.24) is 19.3 Å². The lowest BCUT2D eigenvalue weighted by Gasteiger charge is -2.10. The van der Waals surface area contributed by atoms with E-state index in [-0.39, 0.29) is 0 Å². The Labute approximate surface area is 216 Å². The minimum atomic E-state index is 0.710. The normalized spacial score (nSPS) is 11.7. The molecule has 0 fully saturated rings. The fourth-order valence-electron chi connectivity index (χ4n) is 5.25. The number of benzene rings is 4. The Kier molecular flexibility index (Phi) is 4.42. The Hall–Kier alpha value is -5.36. The third-order valence-corrected chi connectivity index (χ3v) is 6.93. The summed E-state index contributed by atoms with van der Waals surface area (Å²) in [5.74, 6) is 2.32. The summed E-state index contributed by atoms with van der Waals surface area (Å²) in [6.07, 6.45) is 3.66. The third kappa shape index (κ3) is 3.14. The highest BCUT2D eigenvalue weighted by Gasteiger charge is 2.15. The van der Waals surface area contributed by atoms with Crippen molar-refractivity contribution in [3.8, 4) is 23.0 Å². The van der Waals surface area contributed by atoms with Gasteiger partial charge in [-0.25, -0.2) is 9.67 Å². The van der Waals surface area contributed by atoms with Gasteiger partial charge in [0.25, 0.3) is 0 Å². The Morgan fingerprint density at radius 2 is 1.45 bits per heavy atom. The van der Waals surface area contributed by atoms with Crippen LogP contribution in [0.3, 0.4) is 0 Å². The predicted octanol–water partition coefficient (Wildman–Crippen LogP) is 8.06. The fourth-order valence-corrected chi connectivity index (χ4v) is 5.25. The lowest BCUT2D eigenvalue weighted by Crippen LogP contribution is -1.97. The van der Waals surface area contributed by atoms with Crippen molar-refractivity contribution in [3.63, 3.8) is 0 Å². The average Bonchev–Trinajstić information content (AvgIpc) is 3.64. The van der Waals surface area contributed by atoms with Gasteiger partial charge in [-0.15, -0.1) is 0 Å². The molecule has 6 heteroatoms. The number of hydrogen-bond donors (Lipinski definition) is 0. The van der Waals surface area contributed by atoms with Gasteiger partial charge in [-0.2, -0.15) is 5.10 Å². The van der Waals surface area contributed by atoms with Crippen LogP contribution < -0.4 is 4.74 Å². The molecule has 0 unspecified atom stereocenters. The van der Waals surface area contributed by atoms with Crippen LogP contribution in [0.2, 0.25) is 0 Å². The molecule has 180 valence electrons. The second-order valence-corrected chi connectivity index (χ2v) is 9.19. The molecule has 0 saturated heterocycles. The summed E-state index contributed by atoms with van der Waals surface area (Å²) in [6.45, 7) is 0. The van der Waals surface area contributed by atoms with Crippen molar-refractivity contribution in [1.29, 1.82) is 0 Å². The van der Waals surface area contributed by atoms with Gasteiger partial charge in [-0.1, -0.05) is 48.5 Å². The largest absolute Gasteiger partial charge is 0.457 e. The molecule has 0 aliphatic carbocycles. The summed E-state index contributed by atoms with van der Waals surface area (Å²) < 4.78 is 16.5. The summed E-state index contributed by atoms with van der Waals surface area (Å²) in [4.78, 5) is 4.62. The van der Waals surface area contributed by atoms with E-state index in [1.807, 2.05) is 89.9 Å². The topological polar surface area (TPSA) is 58.0 Å². The second-order valence-electron chi connectivity index (χ2n) is 9.19. The van der Waals surface area contributed by atoms with Crippen molar-refractivity contribution >= 4 is 43.9 Å². The zero-order chi connectivity index (χ0) is 25.1. The van der Waals surface area contributed by atoms with Crippen LogP contribution in [0.15, 0.2) is 126 Å². The molecular formula is C32H20N4O2. The number of nitrogens with zero attached hydrogens (tertiary/aromatic N) is 4. The van der Waals surface area contributed by atoms with E-state index in [1.54, 1.807) is 0 Å². The Morgan fingerprint density at radius 1 is 0.632 bits per heavy atom. The molecule has 8 aromatic rings. The summed E-state index contributed by atoms with van der Waals surface area (Å²) in [5, 5.41) is 8.96. The number of furan rings is 1. The Bertz CT molecular complexity index is 2120. The van der Waals surface area contributed by atoms with Gasteiger partial charge in [0.05, 0.1) is 28.3 Å². The first-order valence-corrected chi connectivity index (χ1v) is 12.4. The zero-order valence-electron chi connectivity index (χ0n) is 20.2. The summed E-state index contributed by atoms with van der Waals surface area (Å²) >= 11 is 0. The van der Waals surface area contributed by atoms with Crippen molar-refractivity contribution in [3.05, 3.63) is 122 Å². The molecule has 0 bridgehead atoms. The van der Waals surface area contributed by atoms with Gasteiger partial charge in [0.1, 0.15) is 22.9 Å².